The molecule has 1 aliphatic heterocycles. The number of ketones is 1. The van der Waals surface area contributed by atoms with E-state index in [-0.39, 0.29) is 11.3 Å². The van der Waals surface area contributed by atoms with Crippen molar-refractivity contribution < 1.29 is 19.4 Å². The van der Waals surface area contributed by atoms with E-state index in [0.29, 0.717) is 25.3 Å². The number of aliphatic hydroxyl groups is 1. The molecule has 0 spiro atoms. The van der Waals surface area contributed by atoms with Gasteiger partial charge in [0.1, 0.15) is 11.5 Å². The Morgan fingerprint density at radius 2 is 1.76 bits per heavy atom. The van der Waals surface area contributed by atoms with Crippen molar-refractivity contribution in [1.82, 2.24) is 14.8 Å². The Hall–Kier alpha value is -3.19. The van der Waals surface area contributed by atoms with E-state index in [1.807, 2.05) is 43.3 Å². The molecule has 1 saturated heterocycles. The van der Waals surface area contributed by atoms with Gasteiger partial charge in [-0.05, 0) is 50.3 Å². The van der Waals surface area contributed by atoms with E-state index < -0.39 is 17.7 Å². The molecule has 1 amide bonds. The van der Waals surface area contributed by atoms with Crippen molar-refractivity contribution in [3.8, 4) is 5.75 Å². The minimum Gasteiger partial charge on any atom is -0.507 e. The molecule has 33 heavy (non-hydrogen) atoms. The monoisotopic (exact) mass is 451 g/mol. The molecular formula is C26H33N3O4. The van der Waals surface area contributed by atoms with Crippen molar-refractivity contribution >= 4 is 17.4 Å². The number of hydrogen-bond donors (Lipinski definition) is 1. The number of pyridine rings is 1. The lowest BCUT2D eigenvalue weighted by Gasteiger charge is -2.26. The first-order valence-corrected chi connectivity index (χ1v) is 11.5. The van der Waals surface area contributed by atoms with Gasteiger partial charge in [0, 0.05) is 31.0 Å². The summed E-state index contributed by atoms with van der Waals surface area (Å²) >= 11 is 0. The Balaban J connectivity index is 1.91. The molecule has 0 aliphatic carbocycles. The van der Waals surface area contributed by atoms with Gasteiger partial charge in [0.2, 0.25) is 0 Å². The molecule has 1 N–H and O–H groups in total. The summed E-state index contributed by atoms with van der Waals surface area (Å²) in [7, 11) is 3.82. The van der Waals surface area contributed by atoms with Crippen LogP contribution in [0.2, 0.25) is 0 Å². The van der Waals surface area contributed by atoms with Gasteiger partial charge in [-0.15, -0.1) is 0 Å². The van der Waals surface area contributed by atoms with Crippen molar-refractivity contribution in [2.24, 2.45) is 0 Å². The summed E-state index contributed by atoms with van der Waals surface area (Å²) in [5, 5.41) is 11.0. The summed E-state index contributed by atoms with van der Waals surface area (Å²) in [5.74, 6) is -0.725. The van der Waals surface area contributed by atoms with Crippen LogP contribution in [0.15, 0.2) is 54.4 Å². The standard InChI is InChI=1S/C26H33N3O4/c1-4-5-6-7-18-33-21-10-8-19(9-11-21)23-22(24(30)20-12-14-27-15-13-20)25(31)26(32)29(23)17-16-28(2)3/h8-15,23,30H,4-7,16-18H2,1-3H3. The van der Waals surface area contributed by atoms with Crippen molar-refractivity contribution in [2.75, 3.05) is 33.8 Å². The van der Waals surface area contributed by atoms with E-state index in [4.69, 9.17) is 4.74 Å². The molecule has 2 heterocycles. The van der Waals surface area contributed by atoms with Crippen molar-refractivity contribution in [2.45, 2.75) is 38.6 Å². The third kappa shape index (κ3) is 5.99. The highest BCUT2D eigenvalue weighted by atomic mass is 16.5. The van der Waals surface area contributed by atoms with Gasteiger partial charge in [0.25, 0.3) is 11.7 Å². The molecule has 2 aromatic rings. The fourth-order valence-corrected chi connectivity index (χ4v) is 3.90. The van der Waals surface area contributed by atoms with Gasteiger partial charge < -0.3 is 19.6 Å². The average molecular weight is 452 g/mol. The summed E-state index contributed by atoms with van der Waals surface area (Å²) in [4.78, 5) is 33.4. The predicted molar refractivity (Wildman–Crippen MR) is 128 cm³/mol. The molecule has 1 fully saturated rings. The van der Waals surface area contributed by atoms with E-state index in [1.165, 1.54) is 17.7 Å². The van der Waals surface area contributed by atoms with Crippen molar-refractivity contribution in [3.05, 3.63) is 65.5 Å². The van der Waals surface area contributed by atoms with Crippen LogP contribution in [0, 0.1) is 0 Å². The maximum absolute atomic E-state index is 13.0. The van der Waals surface area contributed by atoms with Crippen LogP contribution < -0.4 is 4.74 Å². The number of benzene rings is 1. The molecule has 0 radical (unpaired) electrons. The largest absolute Gasteiger partial charge is 0.507 e. The quantitative estimate of drug-likeness (QED) is 0.240. The number of likely N-dealkylation sites (N-methyl/N-ethyl adjacent to an activating group) is 1. The molecule has 0 bridgehead atoms. The minimum absolute atomic E-state index is 0.0955. The number of rotatable bonds is 11. The van der Waals surface area contributed by atoms with Gasteiger partial charge in [-0.3, -0.25) is 14.6 Å². The van der Waals surface area contributed by atoms with Crippen LogP contribution in [0.5, 0.6) is 5.75 Å². The fourth-order valence-electron chi connectivity index (χ4n) is 3.90. The predicted octanol–water partition coefficient (Wildman–Crippen LogP) is 4.02. The summed E-state index contributed by atoms with van der Waals surface area (Å²) in [6, 6.07) is 10.0. The zero-order chi connectivity index (χ0) is 23.8. The number of nitrogens with zero attached hydrogens (tertiary/aromatic N) is 3. The molecule has 0 saturated carbocycles. The summed E-state index contributed by atoms with van der Waals surface area (Å²) in [5.41, 5.74) is 1.30. The summed E-state index contributed by atoms with van der Waals surface area (Å²) in [6.07, 6.45) is 7.61. The lowest BCUT2D eigenvalue weighted by Crippen LogP contribution is -2.35. The zero-order valence-electron chi connectivity index (χ0n) is 19.7. The molecule has 7 nitrogen and oxygen atoms in total. The van der Waals surface area contributed by atoms with E-state index in [9.17, 15) is 14.7 Å². The minimum atomic E-state index is -0.677. The number of aliphatic hydroxyl groups excluding tert-OH is 1. The van der Waals surface area contributed by atoms with E-state index in [0.717, 1.165) is 24.2 Å². The molecule has 1 aromatic heterocycles. The molecule has 1 aromatic carbocycles. The Bertz CT molecular complexity index is 971. The van der Waals surface area contributed by atoms with Crippen LogP contribution in [0.4, 0.5) is 0 Å². The molecule has 176 valence electrons. The second-order valence-electron chi connectivity index (χ2n) is 8.51. The summed E-state index contributed by atoms with van der Waals surface area (Å²) < 4.78 is 5.84. The van der Waals surface area contributed by atoms with Gasteiger partial charge in [-0.25, -0.2) is 0 Å². The van der Waals surface area contributed by atoms with E-state index >= 15 is 0 Å². The Morgan fingerprint density at radius 3 is 2.39 bits per heavy atom. The lowest BCUT2D eigenvalue weighted by molar-refractivity contribution is -0.140. The van der Waals surface area contributed by atoms with Crippen LogP contribution in [-0.2, 0) is 9.59 Å². The number of aromatic nitrogens is 1. The van der Waals surface area contributed by atoms with Gasteiger partial charge in [0.05, 0.1) is 18.2 Å². The average Bonchev–Trinajstić information content (AvgIpc) is 3.08. The fraction of sp³-hybridized carbons (Fsp3) is 0.423. The Kier molecular flexibility index (Phi) is 8.60. The molecular weight excluding hydrogens is 418 g/mol. The number of carbonyl (C=O) groups is 2. The molecule has 7 heteroatoms. The Labute approximate surface area is 195 Å². The van der Waals surface area contributed by atoms with Crippen LogP contribution in [0.25, 0.3) is 5.76 Å². The number of ether oxygens (including phenoxy) is 1. The topological polar surface area (TPSA) is 83.0 Å². The van der Waals surface area contributed by atoms with Crippen LogP contribution >= 0.6 is 0 Å². The number of unbranched alkanes of at least 4 members (excludes halogenated alkanes) is 3. The Morgan fingerprint density at radius 1 is 1.06 bits per heavy atom. The van der Waals surface area contributed by atoms with Crippen LogP contribution in [-0.4, -0.2) is 65.4 Å². The molecule has 3 rings (SSSR count). The van der Waals surface area contributed by atoms with Gasteiger partial charge in [-0.2, -0.15) is 0 Å². The molecule has 1 aliphatic rings. The van der Waals surface area contributed by atoms with E-state index in [1.54, 1.807) is 24.5 Å². The first-order chi connectivity index (χ1) is 15.9. The third-order valence-corrected chi connectivity index (χ3v) is 5.74. The van der Waals surface area contributed by atoms with Crippen molar-refractivity contribution in [3.63, 3.8) is 0 Å². The van der Waals surface area contributed by atoms with Crippen molar-refractivity contribution in [1.29, 1.82) is 0 Å². The summed E-state index contributed by atoms with van der Waals surface area (Å²) in [6.45, 7) is 3.79. The van der Waals surface area contributed by atoms with E-state index in [2.05, 4.69) is 11.9 Å². The number of Topliss-reactive ketones (excluding diaryl/α,β-unsaturated/α-hetero) is 1. The lowest BCUT2D eigenvalue weighted by atomic mass is 9.95. The van der Waals surface area contributed by atoms with Gasteiger partial charge >= 0.3 is 0 Å². The van der Waals surface area contributed by atoms with Gasteiger partial charge in [-0.1, -0.05) is 38.3 Å². The first-order valence-electron chi connectivity index (χ1n) is 11.5. The number of amides is 1. The maximum atomic E-state index is 13.0. The number of carbonyl (C=O) groups excluding carboxylic acids is 2. The number of hydrogen-bond acceptors (Lipinski definition) is 6. The third-order valence-electron chi connectivity index (χ3n) is 5.74. The highest BCUT2D eigenvalue weighted by Gasteiger charge is 2.45. The SMILES string of the molecule is CCCCCCOc1ccc(C2C(=C(O)c3ccncc3)C(=O)C(=O)N2CCN(C)C)cc1. The maximum Gasteiger partial charge on any atom is 0.295 e. The molecule has 1 unspecified atom stereocenters. The highest BCUT2D eigenvalue weighted by molar-refractivity contribution is 6.46. The zero-order valence-corrected chi connectivity index (χ0v) is 19.7. The van der Waals surface area contributed by atoms with Crippen LogP contribution in [0.3, 0.4) is 0 Å². The smallest absolute Gasteiger partial charge is 0.295 e. The molecule has 1 atom stereocenters. The normalized spacial score (nSPS) is 17.7. The van der Waals surface area contributed by atoms with Crippen LogP contribution in [0.1, 0.15) is 49.8 Å². The second-order valence-corrected chi connectivity index (χ2v) is 8.51. The second kappa shape index (κ2) is 11.6. The highest BCUT2D eigenvalue weighted by Crippen LogP contribution is 2.39. The number of likely N-dealkylation sites (tertiary alicyclic amines) is 1. The first kappa shape index (κ1) is 24.5. The van der Waals surface area contributed by atoms with Gasteiger partial charge in [0.15, 0.2) is 0 Å².